The molecule has 1 aromatic heterocycles. The number of likely N-dealkylation sites (N-methyl/N-ethyl adjacent to an activating group) is 1. The molecule has 1 aromatic rings. The summed E-state index contributed by atoms with van der Waals surface area (Å²) in [4.78, 5) is 8.32. The molecule has 90 valence electrons. The van der Waals surface area contributed by atoms with E-state index in [0.29, 0.717) is 11.9 Å². The Balaban J connectivity index is 2.59. The number of rotatable bonds is 6. The van der Waals surface area contributed by atoms with Crippen LogP contribution in [0.1, 0.15) is 33.4 Å². The Morgan fingerprint density at radius 2 is 2.06 bits per heavy atom. The highest BCUT2D eigenvalue weighted by molar-refractivity contribution is 5.14. The first kappa shape index (κ1) is 12.9. The zero-order chi connectivity index (χ0) is 12.0. The highest BCUT2D eigenvalue weighted by Gasteiger charge is 2.06. The Morgan fingerprint density at radius 1 is 1.31 bits per heavy atom. The van der Waals surface area contributed by atoms with Crippen LogP contribution in [0.5, 0.6) is 5.88 Å². The highest BCUT2D eigenvalue weighted by Crippen LogP contribution is 2.10. The van der Waals surface area contributed by atoms with Crippen LogP contribution in [-0.4, -0.2) is 28.7 Å². The fourth-order valence-electron chi connectivity index (χ4n) is 1.53. The van der Waals surface area contributed by atoms with Gasteiger partial charge in [0.25, 0.3) is 0 Å². The van der Waals surface area contributed by atoms with Crippen molar-refractivity contribution in [3.8, 4) is 5.88 Å². The second-order valence-electron chi connectivity index (χ2n) is 4.18. The maximum Gasteiger partial charge on any atom is 0.216 e. The molecular formula is C12H21N3O. The molecule has 0 aliphatic carbocycles. The minimum Gasteiger partial charge on any atom is -0.475 e. The number of nitrogens with zero attached hydrogens (tertiary/aromatic N) is 2. The van der Waals surface area contributed by atoms with Crippen LogP contribution in [-0.2, 0) is 6.42 Å². The van der Waals surface area contributed by atoms with Crippen LogP contribution < -0.4 is 10.1 Å². The molecule has 1 N–H and O–H groups in total. The Bertz CT molecular complexity index is 315. The molecule has 1 atom stereocenters. The van der Waals surface area contributed by atoms with Crippen molar-refractivity contribution in [3.05, 3.63) is 18.1 Å². The van der Waals surface area contributed by atoms with E-state index in [0.717, 1.165) is 18.7 Å². The summed E-state index contributed by atoms with van der Waals surface area (Å²) in [5.74, 6) is 0.656. The fraction of sp³-hybridized carbons (Fsp3) is 0.667. The molecule has 0 aliphatic rings. The van der Waals surface area contributed by atoms with E-state index in [-0.39, 0.29) is 6.10 Å². The third-order valence-corrected chi connectivity index (χ3v) is 2.12. The van der Waals surface area contributed by atoms with Crippen molar-refractivity contribution in [2.24, 2.45) is 0 Å². The molecule has 0 amide bonds. The molecule has 0 saturated heterocycles. The lowest BCUT2D eigenvalue weighted by Gasteiger charge is -2.12. The Hall–Kier alpha value is -1.16. The van der Waals surface area contributed by atoms with Crippen molar-refractivity contribution in [3.63, 3.8) is 0 Å². The van der Waals surface area contributed by atoms with Gasteiger partial charge in [0, 0.05) is 24.2 Å². The predicted octanol–water partition coefficient (Wildman–Crippen LogP) is 1.80. The van der Waals surface area contributed by atoms with Gasteiger partial charge in [0.1, 0.15) is 6.33 Å². The molecule has 0 aromatic carbocycles. The molecule has 0 saturated carbocycles. The maximum atomic E-state index is 5.52. The fourth-order valence-corrected chi connectivity index (χ4v) is 1.53. The van der Waals surface area contributed by atoms with E-state index < -0.39 is 0 Å². The van der Waals surface area contributed by atoms with Crippen molar-refractivity contribution in [1.29, 1.82) is 0 Å². The lowest BCUT2D eigenvalue weighted by atomic mass is 10.2. The predicted molar refractivity (Wildman–Crippen MR) is 64.6 cm³/mol. The van der Waals surface area contributed by atoms with Crippen LogP contribution in [0.2, 0.25) is 0 Å². The maximum absolute atomic E-state index is 5.52. The summed E-state index contributed by atoms with van der Waals surface area (Å²) in [6.45, 7) is 9.20. The van der Waals surface area contributed by atoms with Gasteiger partial charge in [0.05, 0.1) is 6.10 Å². The van der Waals surface area contributed by atoms with Gasteiger partial charge in [-0.25, -0.2) is 9.97 Å². The number of aromatic nitrogens is 2. The van der Waals surface area contributed by atoms with Crippen LogP contribution in [0, 0.1) is 0 Å². The molecule has 4 nitrogen and oxygen atoms in total. The third-order valence-electron chi connectivity index (χ3n) is 2.12. The minimum atomic E-state index is 0.147. The summed E-state index contributed by atoms with van der Waals surface area (Å²) in [6.07, 6.45) is 2.60. The Kier molecular flexibility index (Phi) is 5.19. The van der Waals surface area contributed by atoms with E-state index in [2.05, 4.69) is 29.1 Å². The van der Waals surface area contributed by atoms with Crippen molar-refractivity contribution < 1.29 is 4.74 Å². The molecule has 0 bridgehead atoms. The molecule has 0 radical (unpaired) electrons. The number of hydrogen-bond acceptors (Lipinski definition) is 4. The van der Waals surface area contributed by atoms with E-state index in [1.165, 1.54) is 0 Å². The minimum absolute atomic E-state index is 0.147. The summed E-state index contributed by atoms with van der Waals surface area (Å²) >= 11 is 0. The summed E-state index contributed by atoms with van der Waals surface area (Å²) < 4.78 is 5.52. The zero-order valence-corrected chi connectivity index (χ0v) is 10.5. The largest absolute Gasteiger partial charge is 0.475 e. The molecule has 0 spiro atoms. The van der Waals surface area contributed by atoms with Crippen molar-refractivity contribution >= 4 is 0 Å². The Labute approximate surface area is 97.5 Å². The Morgan fingerprint density at radius 3 is 2.69 bits per heavy atom. The smallest absolute Gasteiger partial charge is 0.216 e. The lowest BCUT2D eigenvalue weighted by Crippen LogP contribution is -2.27. The van der Waals surface area contributed by atoms with Gasteiger partial charge < -0.3 is 10.1 Å². The normalized spacial score (nSPS) is 12.8. The van der Waals surface area contributed by atoms with Crippen molar-refractivity contribution in [2.75, 3.05) is 6.54 Å². The van der Waals surface area contributed by atoms with Crippen molar-refractivity contribution in [2.45, 2.75) is 46.3 Å². The van der Waals surface area contributed by atoms with Gasteiger partial charge in [-0.1, -0.05) is 6.92 Å². The summed E-state index contributed by atoms with van der Waals surface area (Å²) in [7, 11) is 0. The number of nitrogens with one attached hydrogen (secondary N) is 1. The van der Waals surface area contributed by atoms with Gasteiger partial charge >= 0.3 is 0 Å². The summed E-state index contributed by atoms with van der Waals surface area (Å²) in [5, 5.41) is 3.35. The first-order valence-corrected chi connectivity index (χ1v) is 5.82. The topological polar surface area (TPSA) is 47.0 Å². The van der Waals surface area contributed by atoms with Gasteiger partial charge in [-0.15, -0.1) is 0 Å². The molecule has 1 unspecified atom stereocenters. The number of hydrogen-bond donors (Lipinski definition) is 1. The summed E-state index contributed by atoms with van der Waals surface area (Å²) in [6, 6.07) is 2.33. The second kappa shape index (κ2) is 6.43. The molecule has 0 aliphatic heterocycles. The van der Waals surface area contributed by atoms with E-state index in [4.69, 9.17) is 4.74 Å². The van der Waals surface area contributed by atoms with E-state index in [9.17, 15) is 0 Å². The average Bonchev–Trinajstić information content (AvgIpc) is 2.17. The second-order valence-corrected chi connectivity index (χ2v) is 4.18. The molecule has 4 heteroatoms. The molecule has 16 heavy (non-hydrogen) atoms. The van der Waals surface area contributed by atoms with Crippen LogP contribution in [0.25, 0.3) is 0 Å². The van der Waals surface area contributed by atoms with Gasteiger partial charge in [0.15, 0.2) is 0 Å². The lowest BCUT2D eigenvalue weighted by molar-refractivity contribution is 0.232. The van der Waals surface area contributed by atoms with Crippen LogP contribution in [0.3, 0.4) is 0 Å². The van der Waals surface area contributed by atoms with Gasteiger partial charge in [-0.2, -0.15) is 0 Å². The van der Waals surface area contributed by atoms with Gasteiger partial charge in [-0.3, -0.25) is 0 Å². The quantitative estimate of drug-likeness (QED) is 0.799. The standard InChI is InChI=1S/C12H21N3O/c1-5-13-10(4)6-11-7-12(15-8-14-11)16-9(2)3/h7-10,13H,5-6H2,1-4H3. The zero-order valence-electron chi connectivity index (χ0n) is 10.5. The molecule has 1 rings (SSSR count). The van der Waals surface area contributed by atoms with Crippen LogP contribution >= 0.6 is 0 Å². The van der Waals surface area contributed by atoms with E-state index in [1.807, 2.05) is 19.9 Å². The van der Waals surface area contributed by atoms with Crippen LogP contribution in [0.4, 0.5) is 0 Å². The summed E-state index contributed by atoms with van der Waals surface area (Å²) in [5.41, 5.74) is 1.01. The monoisotopic (exact) mass is 223 g/mol. The first-order chi connectivity index (χ1) is 7.61. The average molecular weight is 223 g/mol. The van der Waals surface area contributed by atoms with E-state index in [1.54, 1.807) is 6.33 Å². The van der Waals surface area contributed by atoms with Crippen molar-refractivity contribution in [1.82, 2.24) is 15.3 Å². The number of ether oxygens (including phenoxy) is 1. The van der Waals surface area contributed by atoms with Gasteiger partial charge in [-0.05, 0) is 27.3 Å². The third kappa shape index (κ3) is 4.57. The van der Waals surface area contributed by atoms with Crippen LogP contribution in [0.15, 0.2) is 12.4 Å². The highest BCUT2D eigenvalue weighted by atomic mass is 16.5. The molecule has 1 heterocycles. The molecular weight excluding hydrogens is 202 g/mol. The molecule has 0 fully saturated rings. The van der Waals surface area contributed by atoms with E-state index >= 15 is 0 Å². The van der Waals surface area contributed by atoms with Gasteiger partial charge in [0.2, 0.25) is 5.88 Å². The first-order valence-electron chi connectivity index (χ1n) is 5.82. The SMILES string of the molecule is CCNC(C)Cc1cc(OC(C)C)ncn1.